The van der Waals surface area contributed by atoms with E-state index in [0.717, 1.165) is 30.2 Å². The molecule has 1 aliphatic rings. The fraction of sp³-hybridized carbons (Fsp3) is 0.278. The van der Waals surface area contributed by atoms with Gasteiger partial charge in [0.05, 0.1) is 16.8 Å². The van der Waals surface area contributed by atoms with Crippen molar-refractivity contribution in [3.63, 3.8) is 0 Å². The largest absolute Gasteiger partial charge is 0.435 e. The number of benzene rings is 1. The molecule has 4 rings (SSSR count). The van der Waals surface area contributed by atoms with Crippen LogP contribution >= 0.6 is 0 Å². The molecule has 0 bridgehead atoms. The topological polar surface area (TPSA) is 91.4 Å². The lowest BCUT2D eigenvalue weighted by atomic mass is 9.77. The molecule has 0 spiro atoms. The van der Waals surface area contributed by atoms with Crippen LogP contribution in [0.2, 0.25) is 0 Å². The number of fused-ring (bicyclic) bond motifs is 1. The molecule has 134 valence electrons. The Morgan fingerprint density at radius 2 is 2.04 bits per heavy atom. The van der Waals surface area contributed by atoms with E-state index >= 15 is 0 Å². The summed E-state index contributed by atoms with van der Waals surface area (Å²) in [6, 6.07) is 5.01. The van der Waals surface area contributed by atoms with Gasteiger partial charge < -0.3 is 11.1 Å². The zero-order chi connectivity index (χ0) is 18.5. The number of alkyl halides is 3. The molecular formula is C18H16F3N5. The van der Waals surface area contributed by atoms with Gasteiger partial charge in [0.25, 0.3) is 0 Å². The summed E-state index contributed by atoms with van der Waals surface area (Å²) in [7, 11) is 0. The number of anilines is 1. The Labute approximate surface area is 146 Å². The lowest BCUT2D eigenvalue weighted by Gasteiger charge is -2.28. The Bertz CT molecular complexity index is 1000. The first-order chi connectivity index (χ1) is 12.4. The molecule has 2 aromatic heterocycles. The van der Waals surface area contributed by atoms with Crippen LogP contribution in [0, 0.1) is 5.41 Å². The maximum absolute atomic E-state index is 13.2. The van der Waals surface area contributed by atoms with Gasteiger partial charge >= 0.3 is 6.18 Å². The number of aromatic nitrogens is 3. The maximum Gasteiger partial charge on any atom is 0.435 e. The lowest BCUT2D eigenvalue weighted by molar-refractivity contribution is -0.140. The third-order valence-electron chi connectivity index (χ3n) is 4.95. The summed E-state index contributed by atoms with van der Waals surface area (Å²) in [4.78, 5) is 4.42. The first kappa shape index (κ1) is 16.6. The van der Waals surface area contributed by atoms with Crippen LogP contribution in [0.1, 0.15) is 42.0 Å². The van der Waals surface area contributed by atoms with Gasteiger partial charge in [-0.3, -0.25) is 5.10 Å². The average Bonchev–Trinajstić information content (AvgIpc) is 3.03. The van der Waals surface area contributed by atoms with Crippen LogP contribution in [-0.4, -0.2) is 21.4 Å². The van der Waals surface area contributed by atoms with Crippen LogP contribution < -0.4 is 5.73 Å². The van der Waals surface area contributed by atoms with Crippen molar-refractivity contribution >= 4 is 22.8 Å². The first-order valence-corrected chi connectivity index (χ1v) is 8.25. The highest BCUT2D eigenvalue weighted by molar-refractivity contribution is 6.05. The minimum atomic E-state index is -4.57. The minimum Gasteiger partial charge on any atom is -0.398 e. The molecule has 2 heterocycles. The number of nitrogens with two attached hydrogens (primary N) is 1. The fourth-order valence-electron chi connectivity index (χ4n) is 3.44. The molecular weight excluding hydrogens is 343 g/mol. The highest BCUT2D eigenvalue weighted by atomic mass is 19.4. The Kier molecular flexibility index (Phi) is 3.71. The second-order valence-electron chi connectivity index (χ2n) is 6.48. The molecule has 0 aliphatic heterocycles. The molecule has 8 heteroatoms. The average molecular weight is 359 g/mol. The molecule has 1 aliphatic carbocycles. The van der Waals surface area contributed by atoms with Gasteiger partial charge in [-0.05, 0) is 42.5 Å². The number of nitrogen functional groups attached to an aromatic ring is 1. The zero-order valence-corrected chi connectivity index (χ0v) is 13.7. The number of H-pyrrole nitrogens is 1. The molecule has 0 radical (unpaired) electrons. The molecule has 0 saturated heterocycles. The van der Waals surface area contributed by atoms with Crippen LogP contribution in [0.4, 0.5) is 18.9 Å². The Morgan fingerprint density at radius 3 is 2.65 bits per heavy atom. The fourth-order valence-corrected chi connectivity index (χ4v) is 3.44. The number of halogens is 3. The normalized spacial score (nSPS) is 15.2. The van der Waals surface area contributed by atoms with Crippen molar-refractivity contribution in [1.29, 1.82) is 5.41 Å². The molecule has 4 N–H and O–H groups in total. The van der Waals surface area contributed by atoms with E-state index in [1.165, 1.54) is 12.4 Å². The Hall–Kier alpha value is -2.90. The van der Waals surface area contributed by atoms with Crippen LogP contribution in [0.3, 0.4) is 0 Å². The number of pyridine rings is 1. The predicted molar refractivity (Wildman–Crippen MR) is 93.2 cm³/mol. The standard InChI is InChI=1S/C18H16F3N5/c19-18(20,21)17-12(8-24-26-17)15-6-10(9-2-1-3-9)16-11(7-22)13(23)4-5-14(16)25-15/h4-9,22H,1-3,23H2,(H,24,26). The highest BCUT2D eigenvalue weighted by Gasteiger charge is 2.37. The van der Waals surface area contributed by atoms with Gasteiger partial charge in [-0.25, -0.2) is 4.98 Å². The molecule has 3 aromatic rings. The van der Waals surface area contributed by atoms with Crippen molar-refractivity contribution in [2.24, 2.45) is 0 Å². The monoisotopic (exact) mass is 359 g/mol. The summed E-state index contributed by atoms with van der Waals surface area (Å²) in [6.45, 7) is 0. The second kappa shape index (κ2) is 5.82. The van der Waals surface area contributed by atoms with Crippen molar-refractivity contribution in [2.45, 2.75) is 31.4 Å². The minimum absolute atomic E-state index is 0.0757. The summed E-state index contributed by atoms with van der Waals surface area (Å²) in [5.41, 5.74) is 7.62. The van der Waals surface area contributed by atoms with Crippen molar-refractivity contribution in [1.82, 2.24) is 15.2 Å². The van der Waals surface area contributed by atoms with Crippen LogP contribution in [-0.2, 0) is 6.18 Å². The second-order valence-corrected chi connectivity index (χ2v) is 6.48. The molecule has 0 atom stereocenters. The van der Waals surface area contributed by atoms with Gasteiger partial charge in [0.15, 0.2) is 5.69 Å². The van der Waals surface area contributed by atoms with E-state index in [-0.39, 0.29) is 17.2 Å². The quantitative estimate of drug-likeness (QED) is 0.475. The van der Waals surface area contributed by atoms with Crippen molar-refractivity contribution in [3.8, 4) is 11.3 Å². The highest BCUT2D eigenvalue weighted by Crippen LogP contribution is 2.43. The molecule has 1 fully saturated rings. The van der Waals surface area contributed by atoms with Gasteiger partial charge in [-0.15, -0.1) is 0 Å². The summed E-state index contributed by atoms with van der Waals surface area (Å²) < 4.78 is 39.7. The number of rotatable bonds is 3. The lowest BCUT2D eigenvalue weighted by Crippen LogP contribution is -2.12. The predicted octanol–water partition coefficient (Wildman–Crippen LogP) is 4.49. The van der Waals surface area contributed by atoms with Crippen molar-refractivity contribution in [2.75, 3.05) is 5.73 Å². The number of aromatic amines is 1. The Morgan fingerprint density at radius 1 is 1.27 bits per heavy atom. The van der Waals surface area contributed by atoms with E-state index < -0.39 is 11.9 Å². The van der Waals surface area contributed by atoms with E-state index in [9.17, 15) is 13.2 Å². The number of hydrogen-bond acceptors (Lipinski definition) is 4. The van der Waals surface area contributed by atoms with E-state index in [1.807, 2.05) is 0 Å². The number of nitrogens with zero attached hydrogens (tertiary/aromatic N) is 2. The molecule has 26 heavy (non-hydrogen) atoms. The van der Waals surface area contributed by atoms with Crippen LogP contribution in [0.15, 0.2) is 24.4 Å². The summed E-state index contributed by atoms with van der Waals surface area (Å²) in [6.07, 6.45) is 0.830. The Balaban J connectivity index is 2.01. The molecule has 1 saturated carbocycles. The van der Waals surface area contributed by atoms with Crippen molar-refractivity contribution in [3.05, 3.63) is 41.2 Å². The van der Waals surface area contributed by atoms with Gasteiger partial charge in [-0.1, -0.05) is 6.42 Å². The van der Waals surface area contributed by atoms with Gasteiger partial charge in [0, 0.05) is 29.0 Å². The third kappa shape index (κ3) is 2.53. The zero-order valence-electron chi connectivity index (χ0n) is 13.7. The van der Waals surface area contributed by atoms with Gasteiger partial charge in [-0.2, -0.15) is 18.3 Å². The van der Waals surface area contributed by atoms with Gasteiger partial charge in [0.1, 0.15) is 0 Å². The van der Waals surface area contributed by atoms with Gasteiger partial charge in [0.2, 0.25) is 0 Å². The van der Waals surface area contributed by atoms with E-state index in [0.29, 0.717) is 16.8 Å². The van der Waals surface area contributed by atoms with E-state index in [4.69, 9.17) is 11.1 Å². The molecule has 1 aromatic carbocycles. The molecule has 5 nitrogen and oxygen atoms in total. The summed E-state index contributed by atoms with van der Waals surface area (Å²) >= 11 is 0. The first-order valence-electron chi connectivity index (χ1n) is 8.25. The number of hydrogen-bond donors (Lipinski definition) is 3. The SMILES string of the molecule is N=Cc1c(N)ccc2nc(-c3c[nH]nc3C(F)(F)F)cc(C3CCC3)c12. The molecule has 0 amide bonds. The van der Waals surface area contributed by atoms with Crippen molar-refractivity contribution < 1.29 is 13.2 Å². The van der Waals surface area contributed by atoms with E-state index in [1.54, 1.807) is 18.2 Å². The summed E-state index contributed by atoms with van der Waals surface area (Å²) in [5.74, 6) is 0.237. The van der Waals surface area contributed by atoms with E-state index in [2.05, 4.69) is 15.2 Å². The summed E-state index contributed by atoms with van der Waals surface area (Å²) in [5, 5.41) is 14.1. The van der Waals surface area contributed by atoms with Crippen LogP contribution in [0.5, 0.6) is 0 Å². The smallest absolute Gasteiger partial charge is 0.398 e. The maximum atomic E-state index is 13.2. The number of nitrogens with one attached hydrogen (secondary N) is 2. The van der Waals surface area contributed by atoms with Crippen LogP contribution in [0.25, 0.3) is 22.2 Å². The third-order valence-corrected chi connectivity index (χ3v) is 4.95. The molecule has 0 unspecified atom stereocenters.